The fraction of sp³-hybridized carbons (Fsp3) is 0.486. The number of aryl methyl sites for hydroxylation is 1. The molecule has 2 unspecified atom stereocenters. The van der Waals surface area contributed by atoms with Gasteiger partial charge < -0.3 is 24.3 Å². The fourth-order valence-electron chi connectivity index (χ4n) is 7.09. The van der Waals surface area contributed by atoms with Gasteiger partial charge >= 0.3 is 0 Å². The number of carbonyl (C=O) groups excluding carboxylic acids is 1. The quantitative estimate of drug-likeness (QED) is 0.231. The number of piperidine rings is 2. The van der Waals surface area contributed by atoms with Crippen LogP contribution >= 0.6 is 0 Å². The van der Waals surface area contributed by atoms with Gasteiger partial charge in [0.05, 0.1) is 36.1 Å². The predicted molar refractivity (Wildman–Crippen MR) is 180 cm³/mol. The van der Waals surface area contributed by atoms with E-state index in [-0.39, 0.29) is 30.4 Å². The molecule has 1 N–H and O–H groups in total. The van der Waals surface area contributed by atoms with Gasteiger partial charge in [-0.15, -0.1) is 0 Å². The molecule has 3 saturated heterocycles. The van der Waals surface area contributed by atoms with Gasteiger partial charge in [0, 0.05) is 42.1 Å². The van der Waals surface area contributed by atoms with Gasteiger partial charge in [0.2, 0.25) is 11.8 Å². The number of fused-ring (bicyclic) bond motifs is 1. The average molecular weight is 641 g/mol. The number of nitrogens with zero attached hydrogens (tertiary/aromatic N) is 5. The third-order valence-electron chi connectivity index (χ3n) is 9.97. The van der Waals surface area contributed by atoms with Gasteiger partial charge in [-0.3, -0.25) is 9.69 Å². The molecule has 10 heteroatoms. The first kappa shape index (κ1) is 31.7. The number of carbonyl (C=O) groups is 1. The van der Waals surface area contributed by atoms with Gasteiger partial charge in [-0.05, 0) is 102 Å². The Kier molecular flexibility index (Phi) is 9.51. The number of rotatable bonds is 10. The Morgan fingerprint density at radius 3 is 2.66 bits per heavy atom. The van der Waals surface area contributed by atoms with Crippen LogP contribution in [0.5, 0.6) is 5.88 Å². The van der Waals surface area contributed by atoms with E-state index in [2.05, 4.69) is 38.9 Å². The highest BCUT2D eigenvalue weighted by atomic mass is 19.1. The number of halogens is 1. The number of hydrogen-bond donors (Lipinski definition) is 1. The predicted octanol–water partition coefficient (Wildman–Crippen LogP) is 5.91. The van der Waals surface area contributed by atoms with Crippen molar-refractivity contribution in [1.29, 1.82) is 0 Å². The van der Waals surface area contributed by atoms with Crippen LogP contribution in [0.15, 0.2) is 54.6 Å². The summed E-state index contributed by atoms with van der Waals surface area (Å²) in [5.74, 6) is 1.75. The molecular weight excluding hydrogens is 595 g/mol. The largest absolute Gasteiger partial charge is 0.473 e. The highest BCUT2D eigenvalue weighted by molar-refractivity contribution is 5.94. The van der Waals surface area contributed by atoms with Crippen molar-refractivity contribution in [2.24, 2.45) is 5.92 Å². The molecular formula is C37H45FN6O3. The molecule has 7 rings (SSSR count). The summed E-state index contributed by atoms with van der Waals surface area (Å²) in [4.78, 5) is 27.6. The van der Waals surface area contributed by atoms with Crippen molar-refractivity contribution in [2.45, 2.75) is 70.7 Å². The van der Waals surface area contributed by atoms with Crippen LogP contribution in [0.2, 0.25) is 0 Å². The molecule has 2 atom stereocenters. The normalized spacial score (nSPS) is 21.1. The first-order valence-corrected chi connectivity index (χ1v) is 17.1. The summed E-state index contributed by atoms with van der Waals surface area (Å²) in [6.45, 7) is 8.10. The lowest BCUT2D eigenvalue weighted by atomic mass is 9.93. The van der Waals surface area contributed by atoms with Crippen molar-refractivity contribution in [3.05, 3.63) is 83.1 Å². The van der Waals surface area contributed by atoms with E-state index >= 15 is 0 Å². The molecule has 3 fully saturated rings. The maximum Gasteiger partial charge on any atom is 0.228 e. The Morgan fingerprint density at radius 1 is 1.04 bits per heavy atom. The topological polar surface area (TPSA) is 84.8 Å². The zero-order valence-corrected chi connectivity index (χ0v) is 27.5. The fourth-order valence-corrected chi connectivity index (χ4v) is 7.09. The number of nitrogens with one attached hydrogen (secondary N) is 1. The van der Waals surface area contributed by atoms with Gasteiger partial charge in [-0.25, -0.2) is 14.4 Å². The van der Waals surface area contributed by atoms with Crippen LogP contribution < -0.4 is 10.1 Å². The maximum atomic E-state index is 14.3. The third-order valence-corrected chi connectivity index (χ3v) is 9.97. The van der Waals surface area contributed by atoms with Gasteiger partial charge in [0.15, 0.2) is 0 Å². The highest BCUT2D eigenvalue weighted by Crippen LogP contribution is 2.30. The van der Waals surface area contributed by atoms with Crippen LogP contribution in [0.4, 0.5) is 10.1 Å². The maximum absolute atomic E-state index is 14.3. The Labute approximate surface area is 276 Å². The summed E-state index contributed by atoms with van der Waals surface area (Å²) in [7, 11) is 2.08. The van der Waals surface area contributed by atoms with Crippen molar-refractivity contribution in [1.82, 2.24) is 24.3 Å². The van der Waals surface area contributed by atoms with E-state index in [0.717, 1.165) is 112 Å². The SMILES string of the molecule is Cc1ccc(COc2cccc(C3CCN(Cc4nc5cc(NC(=O)C6CCCN(C)C6)ccc5n4CC4CCO4)CC3)n2)c(F)c1. The Balaban J connectivity index is 0.996. The number of amides is 1. The molecule has 0 bridgehead atoms. The van der Waals surface area contributed by atoms with Crippen molar-refractivity contribution in [3.63, 3.8) is 0 Å². The van der Waals surface area contributed by atoms with Crippen LogP contribution in [0.3, 0.4) is 0 Å². The number of hydrogen-bond acceptors (Lipinski definition) is 7. The van der Waals surface area contributed by atoms with E-state index in [1.807, 2.05) is 37.3 Å². The molecule has 47 heavy (non-hydrogen) atoms. The zero-order valence-electron chi connectivity index (χ0n) is 27.5. The summed E-state index contributed by atoms with van der Waals surface area (Å²) >= 11 is 0. The summed E-state index contributed by atoms with van der Waals surface area (Å²) in [5, 5.41) is 3.16. The average Bonchev–Trinajstić information content (AvgIpc) is 3.38. The Bertz CT molecular complexity index is 1710. The zero-order chi connectivity index (χ0) is 32.3. The van der Waals surface area contributed by atoms with Crippen molar-refractivity contribution in [3.8, 4) is 5.88 Å². The molecule has 2 aromatic carbocycles. The molecule has 0 radical (unpaired) electrons. The highest BCUT2D eigenvalue weighted by Gasteiger charge is 2.27. The van der Waals surface area contributed by atoms with Crippen molar-refractivity contribution < 1.29 is 18.7 Å². The van der Waals surface area contributed by atoms with Crippen LogP contribution in [-0.4, -0.2) is 76.2 Å². The smallest absolute Gasteiger partial charge is 0.228 e. The molecule has 1 amide bonds. The number of imidazole rings is 1. The minimum Gasteiger partial charge on any atom is -0.473 e. The van der Waals surface area contributed by atoms with E-state index in [0.29, 0.717) is 17.4 Å². The van der Waals surface area contributed by atoms with E-state index in [1.165, 1.54) is 6.07 Å². The molecule has 9 nitrogen and oxygen atoms in total. The number of benzene rings is 2. The van der Waals surface area contributed by atoms with Crippen LogP contribution in [-0.2, 0) is 29.2 Å². The van der Waals surface area contributed by atoms with Crippen molar-refractivity contribution in [2.75, 3.05) is 45.2 Å². The molecule has 0 spiro atoms. The van der Waals surface area contributed by atoms with E-state index in [9.17, 15) is 9.18 Å². The van der Waals surface area contributed by atoms with Gasteiger partial charge in [-0.1, -0.05) is 18.2 Å². The molecule has 0 saturated carbocycles. The minimum atomic E-state index is -0.252. The second kappa shape index (κ2) is 14.1. The molecule has 4 aromatic rings. The van der Waals surface area contributed by atoms with Crippen LogP contribution in [0.25, 0.3) is 11.0 Å². The molecule has 0 aliphatic carbocycles. The number of aromatic nitrogens is 3. The second-order valence-electron chi connectivity index (χ2n) is 13.5. The lowest BCUT2D eigenvalue weighted by Crippen LogP contribution is -2.38. The van der Waals surface area contributed by atoms with Crippen molar-refractivity contribution >= 4 is 22.6 Å². The first-order valence-electron chi connectivity index (χ1n) is 17.1. The van der Waals surface area contributed by atoms with E-state index in [1.54, 1.807) is 6.07 Å². The van der Waals surface area contributed by atoms with Gasteiger partial charge in [0.25, 0.3) is 0 Å². The van der Waals surface area contributed by atoms with E-state index in [4.69, 9.17) is 19.4 Å². The summed E-state index contributed by atoms with van der Waals surface area (Å²) in [5.41, 5.74) is 5.22. The Morgan fingerprint density at radius 2 is 1.89 bits per heavy atom. The summed E-state index contributed by atoms with van der Waals surface area (Å²) in [6.07, 6.45) is 5.23. The number of ether oxygens (including phenoxy) is 2. The number of pyridine rings is 1. The summed E-state index contributed by atoms with van der Waals surface area (Å²) in [6, 6.07) is 17.2. The number of likely N-dealkylation sites (tertiary alicyclic amines) is 2. The molecule has 248 valence electrons. The van der Waals surface area contributed by atoms with Gasteiger partial charge in [-0.2, -0.15) is 0 Å². The van der Waals surface area contributed by atoms with Crippen LogP contribution in [0, 0.1) is 18.7 Å². The second-order valence-corrected chi connectivity index (χ2v) is 13.5. The van der Waals surface area contributed by atoms with E-state index < -0.39 is 0 Å². The molecule has 3 aliphatic rings. The van der Waals surface area contributed by atoms with Crippen LogP contribution in [0.1, 0.15) is 60.7 Å². The molecule has 5 heterocycles. The molecule has 3 aliphatic heterocycles. The standard InChI is InChI=1S/C37H45FN6O3/c1-25-8-9-28(31(38)19-25)24-47-36-7-3-6-32(41-36)26-12-16-43(17-13-26)23-35-40-33-20-29(39-37(45)27-5-4-15-42(2)21-27)10-11-34(33)44(35)22-30-14-18-46-30/h3,6-11,19-20,26-27,30H,4-5,12-18,21-24H2,1-2H3,(H,39,45). The third kappa shape index (κ3) is 7.50. The number of anilines is 1. The Hall–Kier alpha value is -3.86. The lowest BCUT2D eigenvalue weighted by molar-refractivity contribution is -0.121. The summed E-state index contributed by atoms with van der Waals surface area (Å²) < 4.78 is 28.3. The monoisotopic (exact) mass is 640 g/mol. The lowest BCUT2D eigenvalue weighted by Gasteiger charge is -2.32. The first-order chi connectivity index (χ1) is 22.9. The molecule has 2 aromatic heterocycles. The van der Waals surface area contributed by atoms with Gasteiger partial charge in [0.1, 0.15) is 18.2 Å². The minimum absolute atomic E-state index is 0.0182.